The summed E-state index contributed by atoms with van der Waals surface area (Å²) in [6.45, 7) is 2.50. The van der Waals surface area contributed by atoms with Gasteiger partial charge in [-0.05, 0) is 49.2 Å². The van der Waals surface area contributed by atoms with Crippen molar-refractivity contribution in [3.63, 3.8) is 0 Å². The van der Waals surface area contributed by atoms with Crippen LogP contribution in [-0.2, 0) is 6.42 Å². The van der Waals surface area contributed by atoms with Crippen molar-refractivity contribution >= 4 is 22.5 Å². The molecule has 5 nitrogen and oxygen atoms in total. The van der Waals surface area contributed by atoms with Gasteiger partial charge in [-0.15, -0.1) is 13.2 Å². The maximum atomic E-state index is 12.2. The monoisotopic (exact) mass is 376 g/mol. The third-order valence-electron chi connectivity index (χ3n) is 4.03. The fourth-order valence-corrected chi connectivity index (χ4v) is 2.87. The van der Waals surface area contributed by atoms with E-state index in [9.17, 15) is 13.2 Å². The number of nitrogens with one attached hydrogen (secondary N) is 2. The molecule has 0 unspecified atom stereocenters. The number of halogens is 3. The second-order valence-electron chi connectivity index (χ2n) is 5.99. The van der Waals surface area contributed by atoms with Gasteiger partial charge in [-0.3, -0.25) is 4.99 Å². The number of hydrogen-bond acceptors (Lipinski definition) is 2. The number of nitrogens with two attached hydrogens (primary N) is 1. The predicted octanol–water partition coefficient (Wildman–Crippen LogP) is 4.34. The minimum Gasteiger partial charge on any atom is -0.406 e. The number of aryl methyl sites for hydroxylation is 1. The topological polar surface area (TPSA) is 75.4 Å². The van der Waals surface area contributed by atoms with Crippen molar-refractivity contribution in [2.75, 3.05) is 11.9 Å². The molecule has 2 aromatic carbocycles. The predicted molar refractivity (Wildman–Crippen MR) is 100.0 cm³/mol. The van der Waals surface area contributed by atoms with Gasteiger partial charge in [-0.25, -0.2) is 0 Å². The van der Waals surface area contributed by atoms with Gasteiger partial charge in [0.15, 0.2) is 5.96 Å². The second kappa shape index (κ2) is 7.61. The van der Waals surface area contributed by atoms with Gasteiger partial charge in [-0.1, -0.05) is 18.2 Å². The number of aromatic nitrogens is 1. The third-order valence-corrected chi connectivity index (χ3v) is 4.03. The lowest BCUT2D eigenvalue weighted by Crippen LogP contribution is -2.23. The van der Waals surface area contributed by atoms with Crippen LogP contribution in [0.5, 0.6) is 5.75 Å². The van der Waals surface area contributed by atoms with E-state index in [1.54, 1.807) is 0 Å². The summed E-state index contributed by atoms with van der Waals surface area (Å²) in [4.78, 5) is 7.62. The summed E-state index contributed by atoms with van der Waals surface area (Å²) < 4.78 is 40.3. The van der Waals surface area contributed by atoms with Crippen LogP contribution in [0.2, 0.25) is 0 Å². The van der Waals surface area contributed by atoms with E-state index < -0.39 is 6.36 Å². The summed E-state index contributed by atoms with van der Waals surface area (Å²) in [5.74, 6) is -0.102. The highest BCUT2D eigenvalue weighted by atomic mass is 19.4. The Morgan fingerprint density at radius 1 is 1.15 bits per heavy atom. The standard InChI is InChI=1S/C19H19F3N4O/c1-12-15(16-4-2-3-5-17(16)25-12)10-11-24-18(23)26-13-6-8-14(9-7-13)27-19(20,21)22/h2-9,25H,10-11H2,1H3,(H3,23,24,26). The summed E-state index contributed by atoms with van der Waals surface area (Å²) >= 11 is 0. The molecule has 0 aliphatic carbocycles. The number of fused-ring (bicyclic) bond motifs is 1. The zero-order chi connectivity index (χ0) is 19.4. The minimum absolute atomic E-state index is 0.192. The quantitative estimate of drug-likeness (QED) is 0.458. The van der Waals surface area contributed by atoms with Gasteiger partial charge < -0.3 is 20.8 Å². The number of nitrogens with zero attached hydrogens (tertiary/aromatic N) is 1. The van der Waals surface area contributed by atoms with E-state index in [1.807, 2.05) is 25.1 Å². The lowest BCUT2D eigenvalue weighted by atomic mass is 10.1. The van der Waals surface area contributed by atoms with Gasteiger partial charge in [-0.2, -0.15) is 0 Å². The van der Waals surface area contributed by atoms with Crippen molar-refractivity contribution in [3.8, 4) is 5.75 Å². The fraction of sp³-hybridized carbons (Fsp3) is 0.211. The van der Waals surface area contributed by atoms with E-state index in [1.165, 1.54) is 29.8 Å². The average molecular weight is 376 g/mol. The molecule has 1 aromatic heterocycles. The Kier molecular flexibility index (Phi) is 5.25. The number of aliphatic imine (C=N–C) groups is 1. The van der Waals surface area contributed by atoms with Crippen LogP contribution in [0.15, 0.2) is 53.5 Å². The van der Waals surface area contributed by atoms with Crippen LogP contribution in [-0.4, -0.2) is 23.9 Å². The van der Waals surface area contributed by atoms with Crippen molar-refractivity contribution in [1.82, 2.24) is 4.98 Å². The van der Waals surface area contributed by atoms with E-state index in [2.05, 4.69) is 26.1 Å². The molecule has 3 aromatic rings. The number of hydrogen-bond donors (Lipinski definition) is 3. The Labute approximate surface area is 154 Å². The molecule has 142 valence electrons. The van der Waals surface area contributed by atoms with Gasteiger partial charge in [0.2, 0.25) is 0 Å². The van der Waals surface area contributed by atoms with Crippen molar-refractivity contribution in [1.29, 1.82) is 0 Å². The number of para-hydroxylation sites is 1. The molecular weight excluding hydrogens is 357 g/mol. The van der Waals surface area contributed by atoms with Crippen molar-refractivity contribution in [3.05, 3.63) is 59.8 Å². The molecule has 0 bridgehead atoms. The molecule has 0 aliphatic heterocycles. The largest absolute Gasteiger partial charge is 0.573 e. The van der Waals surface area contributed by atoms with Gasteiger partial charge >= 0.3 is 6.36 Å². The Hall–Kier alpha value is -3.16. The molecular formula is C19H19F3N4O. The number of guanidine groups is 1. The third kappa shape index (κ3) is 4.93. The second-order valence-corrected chi connectivity index (χ2v) is 5.99. The van der Waals surface area contributed by atoms with Crippen LogP contribution < -0.4 is 15.8 Å². The summed E-state index contributed by atoms with van der Waals surface area (Å²) in [7, 11) is 0. The maximum absolute atomic E-state index is 12.2. The molecule has 0 saturated carbocycles. The summed E-state index contributed by atoms with van der Waals surface area (Å²) in [5, 5.41) is 4.01. The molecule has 0 aliphatic rings. The molecule has 0 spiro atoms. The molecule has 0 atom stereocenters. The Balaban J connectivity index is 1.59. The molecule has 27 heavy (non-hydrogen) atoms. The summed E-state index contributed by atoms with van der Waals surface area (Å²) in [6, 6.07) is 13.3. The summed E-state index contributed by atoms with van der Waals surface area (Å²) in [5.41, 5.74) is 9.75. The molecule has 4 N–H and O–H groups in total. The first-order valence-corrected chi connectivity index (χ1v) is 8.31. The van der Waals surface area contributed by atoms with Gasteiger partial charge in [0.1, 0.15) is 5.75 Å². The lowest BCUT2D eigenvalue weighted by Gasteiger charge is -2.10. The average Bonchev–Trinajstić information content (AvgIpc) is 2.91. The van der Waals surface area contributed by atoms with Gasteiger partial charge in [0.05, 0.1) is 0 Å². The number of alkyl halides is 3. The smallest absolute Gasteiger partial charge is 0.406 e. The summed E-state index contributed by atoms with van der Waals surface area (Å²) in [6.07, 6.45) is -3.99. The fourth-order valence-electron chi connectivity index (χ4n) is 2.87. The molecule has 8 heteroatoms. The van der Waals surface area contributed by atoms with Gasteiger partial charge in [0.25, 0.3) is 0 Å². The van der Waals surface area contributed by atoms with Crippen molar-refractivity contribution < 1.29 is 17.9 Å². The highest BCUT2D eigenvalue weighted by molar-refractivity contribution is 5.92. The normalized spacial score (nSPS) is 12.4. The number of anilines is 1. The highest BCUT2D eigenvalue weighted by Gasteiger charge is 2.30. The number of H-pyrrole nitrogens is 1. The zero-order valence-electron chi connectivity index (χ0n) is 14.6. The van der Waals surface area contributed by atoms with E-state index >= 15 is 0 Å². The van der Waals surface area contributed by atoms with Crippen LogP contribution in [0.25, 0.3) is 10.9 Å². The number of ether oxygens (including phenoxy) is 1. The van der Waals surface area contributed by atoms with E-state index in [0.29, 0.717) is 12.2 Å². The van der Waals surface area contributed by atoms with Crippen LogP contribution in [0.3, 0.4) is 0 Å². The molecule has 0 radical (unpaired) electrons. The first-order valence-electron chi connectivity index (χ1n) is 8.31. The molecule has 3 rings (SSSR count). The first kappa shape index (κ1) is 18.6. The number of rotatable bonds is 5. The molecule has 0 saturated heterocycles. The Morgan fingerprint density at radius 3 is 2.56 bits per heavy atom. The van der Waals surface area contributed by atoms with E-state index in [-0.39, 0.29) is 11.7 Å². The molecule has 1 heterocycles. The van der Waals surface area contributed by atoms with Crippen LogP contribution in [0.4, 0.5) is 18.9 Å². The number of aromatic amines is 1. The van der Waals surface area contributed by atoms with Crippen LogP contribution >= 0.6 is 0 Å². The molecule has 0 amide bonds. The zero-order valence-corrected chi connectivity index (χ0v) is 14.6. The Bertz CT molecular complexity index is 946. The van der Waals surface area contributed by atoms with Gasteiger partial charge in [0, 0.05) is 28.8 Å². The SMILES string of the molecule is Cc1[nH]c2ccccc2c1CCN=C(N)Nc1ccc(OC(F)(F)F)cc1. The van der Waals surface area contributed by atoms with E-state index in [4.69, 9.17) is 5.73 Å². The van der Waals surface area contributed by atoms with Crippen molar-refractivity contribution in [2.45, 2.75) is 19.7 Å². The number of benzene rings is 2. The maximum Gasteiger partial charge on any atom is 0.573 e. The lowest BCUT2D eigenvalue weighted by molar-refractivity contribution is -0.274. The Morgan fingerprint density at radius 2 is 1.85 bits per heavy atom. The first-order chi connectivity index (χ1) is 12.8. The van der Waals surface area contributed by atoms with Crippen LogP contribution in [0.1, 0.15) is 11.3 Å². The molecule has 0 fully saturated rings. The van der Waals surface area contributed by atoms with Crippen LogP contribution in [0, 0.1) is 6.92 Å². The minimum atomic E-state index is -4.71. The van der Waals surface area contributed by atoms with Crippen molar-refractivity contribution in [2.24, 2.45) is 10.7 Å². The van der Waals surface area contributed by atoms with E-state index in [0.717, 1.165) is 23.0 Å². The highest BCUT2D eigenvalue weighted by Crippen LogP contribution is 2.24.